The lowest BCUT2D eigenvalue weighted by Gasteiger charge is -2.02. The van der Waals surface area contributed by atoms with Crippen LogP contribution in [-0.2, 0) is 0 Å². The molecule has 0 fully saturated rings. The van der Waals surface area contributed by atoms with Crippen molar-refractivity contribution in [1.82, 2.24) is 0 Å². The number of rotatable bonds is 1. The Balaban J connectivity index is 2.52. The lowest BCUT2D eigenvalue weighted by molar-refractivity contribution is 0.625. The van der Waals surface area contributed by atoms with Crippen LogP contribution < -0.4 is 0 Å². The third kappa shape index (κ3) is 1.96. The van der Waals surface area contributed by atoms with E-state index in [0.29, 0.717) is 4.90 Å². The maximum atomic E-state index is 13.1. The summed E-state index contributed by atoms with van der Waals surface area (Å²) in [6.45, 7) is 0. The summed E-state index contributed by atoms with van der Waals surface area (Å²) in [5.41, 5.74) is 1.86. The van der Waals surface area contributed by atoms with E-state index < -0.39 is 0 Å². The molecule has 0 saturated heterocycles. The molecule has 0 aliphatic carbocycles. The van der Waals surface area contributed by atoms with E-state index in [1.54, 1.807) is 0 Å². The topological polar surface area (TPSA) is 0 Å². The minimum absolute atomic E-state index is 0.253. The molecule has 2 heteroatoms. The van der Waals surface area contributed by atoms with Crippen molar-refractivity contribution in [2.24, 2.45) is 0 Å². The van der Waals surface area contributed by atoms with E-state index in [0.717, 1.165) is 11.1 Å². The molecule has 0 nitrogen and oxygen atoms in total. The quantitative estimate of drug-likeness (QED) is 0.671. The molecule has 0 unspecified atom stereocenters. The Morgan fingerprint density at radius 1 is 0.857 bits per heavy atom. The summed E-state index contributed by atoms with van der Waals surface area (Å²) in [5.74, 6) is -0.253. The third-order valence-corrected chi connectivity index (χ3v) is 2.25. The van der Waals surface area contributed by atoms with E-state index in [9.17, 15) is 4.39 Å². The summed E-state index contributed by atoms with van der Waals surface area (Å²) < 4.78 is 13.1. The maximum Gasteiger partial charge on any atom is 0.124 e. The van der Waals surface area contributed by atoms with E-state index in [4.69, 9.17) is 0 Å². The zero-order valence-electron chi connectivity index (χ0n) is 7.44. The predicted octanol–water partition coefficient (Wildman–Crippen LogP) is 3.78. The minimum atomic E-state index is -0.253. The lowest BCUT2D eigenvalue weighted by atomic mass is 10.1. The van der Waals surface area contributed by atoms with Crippen LogP contribution >= 0.6 is 12.6 Å². The average molecular weight is 204 g/mol. The van der Waals surface area contributed by atoms with Gasteiger partial charge in [0.1, 0.15) is 5.82 Å². The monoisotopic (exact) mass is 204 g/mol. The second kappa shape index (κ2) is 3.84. The summed E-state index contributed by atoms with van der Waals surface area (Å²) in [5, 5.41) is 0. The van der Waals surface area contributed by atoms with Gasteiger partial charge in [-0.25, -0.2) is 4.39 Å². The summed E-state index contributed by atoms with van der Waals surface area (Å²) >= 11 is 4.13. The molecular formula is C12H9FS. The van der Waals surface area contributed by atoms with E-state index in [-0.39, 0.29) is 5.82 Å². The highest BCUT2D eigenvalue weighted by Gasteiger charge is 2.00. The average Bonchev–Trinajstić information content (AvgIpc) is 2.18. The molecular weight excluding hydrogens is 195 g/mol. The Labute approximate surface area is 87.8 Å². The van der Waals surface area contributed by atoms with Crippen molar-refractivity contribution in [2.75, 3.05) is 0 Å². The van der Waals surface area contributed by atoms with Crippen LogP contribution in [0.1, 0.15) is 0 Å². The Morgan fingerprint density at radius 2 is 1.57 bits per heavy atom. The van der Waals surface area contributed by atoms with Crippen LogP contribution in [0.25, 0.3) is 11.1 Å². The van der Waals surface area contributed by atoms with Crippen LogP contribution in [0, 0.1) is 5.82 Å². The second-order valence-corrected chi connectivity index (χ2v) is 3.58. The van der Waals surface area contributed by atoms with E-state index in [1.165, 1.54) is 12.1 Å². The maximum absolute atomic E-state index is 13.1. The third-order valence-electron chi connectivity index (χ3n) is 1.99. The molecule has 0 radical (unpaired) electrons. The molecule has 2 rings (SSSR count). The number of hydrogen-bond acceptors (Lipinski definition) is 1. The van der Waals surface area contributed by atoms with Crippen LogP contribution in [0.4, 0.5) is 4.39 Å². The summed E-state index contributed by atoms with van der Waals surface area (Å²) in [4.78, 5) is 0.642. The molecule has 2 aromatic carbocycles. The van der Waals surface area contributed by atoms with E-state index >= 15 is 0 Å². The zero-order valence-corrected chi connectivity index (χ0v) is 8.34. The predicted molar refractivity (Wildman–Crippen MR) is 59.1 cm³/mol. The van der Waals surface area contributed by atoms with Crippen molar-refractivity contribution in [2.45, 2.75) is 4.90 Å². The first kappa shape index (κ1) is 9.28. The summed E-state index contributed by atoms with van der Waals surface area (Å²) in [7, 11) is 0. The normalized spacial score (nSPS) is 10.1. The largest absolute Gasteiger partial charge is 0.207 e. The Morgan fingerprint density at radius 3 is 2.21 bits per heavy atom. The Hall–Kier alpha value is -1.28. The summed E-state index contributed by atoms with van der Waals surface area (Å²) in [6, 6.07) is 14.4. The van der Waals surface area contributed by atoms with Gasteiger partial charge < -0.3 is 0 Å². The Bertz CT molecular complexity index is 417. The van der Waals surface area contributed by atoms with Gasteiger partial charge >= 0.3 is 0 Å². The van der Waals surface area contributed by atoms with Gasteiger partial charge in [0, 0.05) is 4.90 Å². The van der Waals surface area contributed by atoms with Crippen molar-refractivity contribution in [1.29, 1.82) is 0 Å². The number of hydrogen-bond donors (Lipinski definition) is 1. The second-order valence-electron chi connectivity index (χ2n) is 3.06. The zero-order chi connectivity index (χ0) is 9.97. The number of benzene rings is 2. The Kier molecular flexibility index (Phi) is 2.55. The molecule has 0 aliphatic rings. The molecule has 0 aliphatic heterocycles. The molecule has 0 saturated carbocycles. The fourth-order valence-corrected chi connectivity index (χ4v) is 1.63. The molecule has 0 heterocycles. The number of thiol groups is 1. The molecule has 70 valence electrons. The van der Waals surface area contributed by atoms with Gasteiger partial charge in [-0.3, -0.25) is 0 Å². The van der Waals surface area contributed by atoms with Crippen LogP contribution in [0.5, 0.6) is 0 Å². The van der Waals surface area contributed by atoms with Crippen molar-refractivity contribution < 1.29 is 4.39 Å². The van der Waals surface area contributed by atoms with Crippen LogP contribution in [0.2, 0.25) is 0 Å². The molecule has 0 N–H and O–H groups in total. The number of halogens is 1. The van der Waals surface area contributed by atoms with Crippen molar-refractivity contribution in [3.8, 4) is 11.1 Å². The highest BCUT2D eigenvalue weighted by molar-refractivity contribution is 7.80. The van der Waals surface area contributed by atoms with Gasteiger partial charge in [0.15, 0.2) is 0 Å². The SMILES string of the molecule is Fc1cc(S)cc(-c2ccccc2)c1. The van der Waals surface area contributed by atoms with Gasteiger partial charge in [-0.1, -0.05) is 30.3 Å². The molecule has 0 atom stereocenters. The lowest BCUT2D eigenvalue weighted by Crippen LogP contribution is -1.80. The fraction of sp³-hybridized carbons (Fsp3) is 0. The summed E-state index contributed by atoms with van der Waals surface area (Å²) in [6.07, 6.45) is 0. The van der Waals surface area contributed by atoms with E-state index in [2.05, 4.69) is 12.6 Å². The molecule has 0 spiro atoms. The first-order chi connectivity index (χ1) is 6.75. The van der Waals surface area contributed by atoms with Gasteiger partial charge in [-0.15, -0.1) is 12.6 Å². The van der Waals surface area contributed by atoms with Gasteiger partial charge in [-0.05, 0) is 29.3 Å². The fourth-order valence-electron chi connectivity index (χ4n) is 1.37. The van der Waals surface area contributed by atoms with Crippen LogP contribution in [0.3, 0.4) is 0 Å². The van der Waals surface area contributed by atoms with Crippen LogP contribution in [0.15, 0.2) is 53.4 Å². The van der Waals surface area contributed by atoms with E-state index in [1.807, 2.05) is 36.4 Å². The smallest absolute Gasteiger partial charge is 0.124 e. The molecule has 2 aromatic rings. The highest BCUT2D eigenvalue weighted by Crippen LogP contribution is 2.22. The highest BCUT2D eigenvalue weighted by atomic mass is 32.1. The minimum Gasteiger partial charge on any atom is -0.207 e. The van der Waals surface area contributed by atoms with Crippen molar-refractivity contribution in [3.63, 3.8) is 0 Å². The van der Waals surface area contributed by atoms with Gasteiger partial charge in [0.25, 0.3) is 0 Å². The standard InChI is InChI=1S/C12H9FS/c13-11-6-10(7-12(14)8-11)9-4-2-1-3-5-9/h1-8,14H. The van der Waals surface area contributed by atoms with Gasteiger partial charge in [-0.2, -0.15) is 0 Å². The van der Waals surface area contributed by atoms with Crippen LogP contribution in [-0.4, -0.2) is 0 Å². The molecule has 14 heavy (non-hydrogen) atoms. The first-order valence-corrected chi connectivity index (χ1v) is 4.75. The molecule has 0 aromatic heterocycles. The van der Waals surface area contributed by atoms with Crippen molar-refractivity contribution >= 4 is 12.6 Å². The molecule has 0 amide bonds. The van der Waals surface area contributed by atoms with Gasteiger partial charge in [0.05, 0.1) is 0 Å². The molecule has 0 bridgehead atoms. The van der Waals surface area contributed by atoms with Crippen molar-refractivity contribution in [3.05, 3.63) is 54.3 Å². The van der Waals surface area contributed by atoms with Gasteiger partial charge in [0.2, 0.25) is 0 Å². The first-order valence-electron chi connectivity index (χ1n) is 4.31.